The summed E-state index contributed by atoms with van der Waals surface area (Å²) < 4.78 is 14.8. The van der Waals surface area contributed by atoms with E-state index in [1.807, 2.05) is 0 Å². The van der Waals surface area contributed by atoms with Crippen molar-refractivity contribution in [1.29, 1.82) is 0 Å². The number of carboxylic acids is 1. The van der Waals surface area contributed by atoms with E-state index in [0.717, 1.165) is 0 Å². The molecule has 0 saturated heterocycles. The number of rotatable bonds is 2. The van der Waals surface area contributed by atoms with Crippen molar-refractivity contribution in [3.05, 3.63) is 42.0 Å². The highest BCUT2D eigenvalue weighted by molar-refractivity contribution is 5.86. The normalized spacial score (nSPS) is 10.9. The fraction of sp³-hybridized carbons (Fsp3) is 0. The number of carbonyl (C=O) groups is 1. The van der Waals surface area contributed by atoms with E-state index in [4.69, 9.17) is 5.11 Å². The molecule has 3 rings (SSSR count). The number of aromatic nitrogens is 4. The first-order valence-electron chi connectivity index (χ1n) is 5.08. The summed E-state index contributed by atoms with van der Waals surface area (Å²) in [4.78, 5) is 18.8. The van der Waals surface area contributed by atoms with Gasteiger partial charge in [-0.3, -0.25) is 5.10 Å². The van der Waals surface area contributed by atoms with E-state index in [-0.39, 0.29) is 22.9 Å². The zero-order chi connectivity index (χ0) is 12.7. The third kappa shape index (κ3) is 1.45. The number of benzene rings is 1. The lowest BCUT2D eigenvalue weighted by Crippen LogP contribution is -2.02. The maximum absolute atomic E-state index is 13.6. The molecule has 0 aliphatic carbocycles. The lowest BCUT2D eigenvalue weighted by atomic mass is 10.2. The summed E-state index contributed by atoms with van der Waals surface area (Å²) in [6, 6.07) is 6.09. The predicted octanol–water partition coefficient (Wildman–Crippen LogP) is 1.56. The third-order valence-electron chi connectivity index (χ3n) is 2.52. The van der Waals surface area contributed by atoms with Crippen molar-refractivity contribution in [2.45, 2.75) is 0 Å². The molecule has 0 atom stereocenters. The second-order valence-electron chi connectivity index (χ2n) is 3.64. The molecule has 18 heavy (non-hydrogen) atoms. The van der Waals surface area contributed by atoms with E-state index in [1.165, 1.54) is 16.8 Å². The fourth-order valence-corrected chi connectivity index (χ4v) is 1.69. The molecule has 2 N–H and O–H groups in total. The molecule has 6 nitrogen and oxygen atoms in total. The summed E-state index contributed by atoms with van der Waals surface area (Å²) in [6.45, 7) is 0. The molecule has 0 saturated carbocycles. The Balaban J connectivity index is 2.20. The van der Waals surface area contributed by atoms with Crippen LogP contribution < -0.4 is 0 Å². The molecule has 0 spiro atoms. The van der Waals surface area contributed by atoms with Gasteiger partial charge < -0.3 is 5.11 Å². The number of hydrogen-bond acceptors (Lipinski definition) is 3. The number of hydrogen-bond donors (Lipinski definition) is 2. The molecule has 0 amide bonds. The predicted molar refractivity (Wildman–Crippen MR) is 59.7 cm³/mol. The molecule has 0 aliphatic heterocycles. The molecule has 7 heteroatoms. The van der Waals surface area contributed by atoms with Crippen LogP contribution in [-0.2, 0) is 0 Å². The molecule has 0 aliphatic rings. The molecule has 0 unspecified atom stereocenters. The average Bonchev–Trinajstić information content (AvgIpc) is 2.88. The van der Waals surface area contributed by atoms with Crippen LogP contribution in [-0.4, -0.2) is 30.7 Å². The Labute approximate surface area is 99.7 Å². The molecule has 3 aromatic rings. The van der Waals surface area contributed by atoms with Crippen LogP contribution in [0.2, 0.25) is 0 Å². The van der Waals surface area contributed by atoms with Crippen molar-refractivity contribution in [1.82, 2.24) is 19.6 Å². The number of imidazole rings is 1. The highest BCUT2D eigenvalue weighted by atomic mass is 19.1. The fourth-order valence-electron chi connectivity index (χ4n) is 1.69. The minimum atomic E-state index is -1.13. The first-order valence-corrected chi connectivity index (χ1v) is 5.08. The molecule has 2 heterocycles. The van der Waals surface area contributed by atoms with E-state index in [1.54, 1.807) is 18.2 Å². The number of H-pyrrole nitrogens is 1. The van der Waals surface area contributed by atoms with Gasteiger partial charge in [0.15, 0.2) is 11.5 Å². The van der Waals surface area contributed by atoms with Crippen LogP contribution in [0.3, 0.4) is 0 Å². The van der Waals surface area contributed by atoms with Gasteiger partial charge >= 0.3 is 5.97 Å². The van der Waals surface area contributed by atoms with Crippen molar-refractivity contribution < 1.29 is 14.3 Å². The Morgan fingerprint density at radius 1 is 1.39 bits per heavy atom. The summed E-state index contributed by atoms with van der Waals surface area (Å²) in [6.07, 6.45) is 1.19. The van der Waals surface area contributed by atoms with Gasteiger partial charge in [0.25, 0.3) is 5.78 Å². The van der Waals surface area contributed by atoms with E-state index < -0.39 is 11.8 Å². The van der Waals surface area contributed by atoms with E-state index in [9.17, 15) is 9.18 Å². The second kappa shape index (κ2) is 3.66. The van der Waals surface area contributed by atoms with Crippen LogP contribution in [0.4, 0.5) is 4.39 Å². The maximum Gasteiger partial charge on any atom is 0.356 e. The van der Waals surface area contributed by atoms with Gasteiger partial charge in [-0.15, -0.1) is 0 Å². The molecule has 90 valence electrons. The van der Waals surface area contributed by atoms with Crippen LogP contribution in [0.1, 0.15) is 10.5 Å². The SMILES string of the molecule is O=C(O)c1cnc2nc(-c3ccccc3F)[nH]n12. The van der Waals surface area contributed by atoms with Gasteiger partial charge in [0, 0.05) is 0 Å². The number of aromatic carboxylic acids is 1. The van der Waals surface area contributed by atoms with E-state index >= 15 is 0 Å². The smallest absolute Gasteiger partial charge is 0.356 e. The van der Waals surface area contributed by atoms with Gasteiger partial charge in [0.2, 0.25) is 0 Å². The van der Waals surface area contributed by atoms with Crippen molar-refractivity contribution in [2.75, 3.05) is 0 Å². The summed E-state index contributed by atoms with van der Waals surface area (Å²) >= 11 is 0. The number of nitrogens with one attached hydrogen (secondary N) is 1. The van der Waals surface area contributed by atoms with Crippen molar-refractivity contribution in [3.63, 3.8) is 0 Å². The Hall–Kier alpha value is -2.70. The first-order chi connectivity index (χ1) is 8.66. The minimum absolute atomic E-state index is 0.0555. The summed E-state index contributed by atoms with van der Waals surface area (Å²) in [7, 11) is 0. The molecular formula is C11H7FN4O2. The monoisotopic (exact) mass is 246 g/mol. The molecule has 0 fully saturated rings. The van der Waals surface area contributed by atoms with Crippen LogP contribution in [0.25, 0.3) is 17.2 Å². The lowest BCUT2D eigenvalue weighted by molar-refractivity contribution is 0.0688. The largest absolute Gasteiger partial charge is 0.476 e. The van der Waals surface area contributed by atoms with Gasteiger partial charge in [0.05, 0.1) is 11.8 Å². The highest BCUT2D eigenvalue weighted by Crippen LogP contribution is 2.19. The molecule has 0 bridgehead atoms. The molecule has 1 aromatic carbocycles. The minimum Gasteiger partial charge on any atom is -0.476 e. The van der Waals surface area contributed by atoms with Crippen molar-refractivity contribution in [2.24, 2.45) is 0 Å². The zero-order valence-corrected chi connectivity index (χ0v) is 8.96. The topological polar surface area (TPSA) is 83.3 Å². The number of fused-ring (bicyclic) bond motifs is 1. The quantitative estimate of drug-likeness (QED) is 0.718. The van der Waals surface area contributed by atoms with E-state index in [2.05, 4.69) is 15.1 Å². The Morgan fingerprint density at radius 3 is 2.89 bits per heavy atom. The van der Waals surface area contributed by atoms with Gasteiger partial charge in [-0.2, -0.15) is 4.98 Å². The highest BCUT2D eigenvalue weighted by Gasteiger charge is 2.16. The number of nitrogens with zero attached hydrogens (tertiary/aromatic N) is 3. The second-order valence-corrected chi connectivity index (χ2v) is 3.64. The Kier molecular flexibility index (Phi) is 2.12. The third-order valence-corrected chi connectivity index (χ3v) is 2.52. The number of carboxylic acid groups (broad SMARTS) is 1. The van der Waals surface area contributed by atoms with Gasteiger partial charge in [0.1, 0.15) is 5.82 Å². The first kappa shape index (κ1) is 10.5. The number of aromatic amines is 1. The van der Waals surface area contributed by atoms with E-state index in [0.29, 0.717) is 0 Å². The molecule has 2 aromatic heterocycles. The van der Waals surface area contributed by atoms with Crippen molar-refractivity contribution >= 4 is 11.7 Å². The van der Waals surface area contributed by atoms with Gasteiger partial charge in [-0.05, 0) is 12.1 Å². The average molecular weight is 246 g/mol. The Bertz CT molecular complexity index is 746. The zero-order valence-electron chi connectivity index (χ0n) is 8.96. The summed E-state index contributed by atoms with van der Waals surface area (Å²) in [5.41, 5.74) is 0.208. The van der Waals surface area contributed by atoms with Gasteiger partial charge in [-0.1, -0.05) is 12.1 Å². The lowest BCUT2D eigenvalue weighted by Gasteiger charge is -1.97. The summed E-state index contributed by atoms with van der Waals surface area (Å²) in [5.74, 6) is -1.15. The van der Waals surface area contributed by atoms with Gasteiger partial charge in [-0.25, -0.2) is 18.7 Å². The van der Waals surface area contributed by atoms with Crippen molar-refractivity contribution in [3.8, 4) is 11.4 Å². The Morgan fingerprint density at radius 2 is 2.17 bits per heavy atom. The summed E-state index contributed by atoms with van der Waals surface area (Å²) in [5, 5.41) is 11.6. The standard InChI is InChI=1S/C11H7FN4O2/c12-7-4-2-1-3-6(7)9-14-11-13-5-8(10(17)18)16(11)15-9/h1-5H,(H,17,18)(H,13,14,15). The van der Waals surface area contributed by atoms with Crippen LogP contribution >= 0.6 is 0 Å². The number of halogens is 1. The molecule has 0 radical (unpaired) electrons. The van der Waals surface area contributed by atoms with Crippen LogP contribution in [0.5, 0.6) is 0 Å². The van der Waals surface area contributed by atoms with Crippen LogP contribution in [0.15, 0.2) is 30.5 Å². The molecular weight excluding hydrogens is 239 g/mol. The maximum atomic E-state index is 13.6. The van der Waals surface area contributed by atoms with Crippen LogP contribution in [0, 0.1) is 5.82 Å².